The first-order chi connectivity index (χ1) is 5.24. The summed E-state index contributed by atoms with van der Waals surface area (Å²) in [6, 6.07) is 3.16. The largest absolute Gasteiger partial charge is 0.479 e. The maximum absolute atomic E-state index is 12.7. The van der Waals surface area contributed by atoms with E-state index >= 15 is 0 Å². The fraction of sp³-hybridized carbons (Fsp3) is 0.143. The average Bonchev–Trinajstić information content (AvgIpc) is 1.95. The molecular weight excluding hydrogens is 218 g/mol. The summed E-state index contributed by atoms with van der Waals surface area (Å²) < 4.78 is 29.7. The zero-order valence-electron chi connectivity index (χ0n) is 5.48. The standard InChI is InChI=1S/C7H5BrF2O/c8-4-11-7-2-1-5(9)3-6(7)10/h1-3H,4H2. The van der Waals surface area contributed by atoms with Crippen LogP contribution in [0.4, 0.5) is 8.78 Å². The second kappa shape index (κ2) is 3.67. The Morgan fingerprint density at radius 2 is 2.09 bits per heavy atom. The molecular formula is C7H5BrF2O. The lowest BCUT2D eigenvalue weighted by atomic mass is 10.3. The first-order valence-corrected chi connectivity index (χ1v) is 4.00. The van der Waals surface area contributed by atoms with E-state index in [9.17, 15) is 8.78 Å². The molecule has 1 aromatic rings. The van der Waals surface area contributed by atoms with Gasteiger partial charge in [-0.2, -0.15) is 0 Å². The number of rotatable bonds is 2. The van der Waals surface area contributed by atoms with Crippen LogP contribution in [0, 0.1) is 11.6 Å². The van der Waals surface area contributed by atoms with E-state index in [-0.39, 0.29) is 11.3 Å². The molecule has 60 valence electrons. The summed E-state index contributed by atoms with van der Waals surface area (Å²) in [7, 11) is 0. The molecule has 0 radical (unpaired) electrons. The molecule has 0 aromatic heterocycles. The van der Waals surface area contributed by atoms with E-state index in [0.29, 0.717) is 0 Å². The highest BCUT2D eigenvalue weighted by molar-refractivity contribution is 9.09. The van der Waals surface area contributed by atoms with Crippen LogP contribution in [0.1, 0.15) is 0 Å². The summed E-state index contributed by atoms with van der Waals surface area (Å²) in [5.74, 6) is -1.25. The van der Waals surface area contributed by atoms with Gasteiger partial charge >= 0.3 is 0 Å². The Morgan fingerprint density at radius 3 is 2.64 bits per heavy atom. The molecule has 0 saturated heterocycles. The van der Waals surface area contributed by atoms with Gasteiger partial charge in [0.1, 0.15) is 11.3 Å². The Morgan fingerprint density at radius 1 is 1.36 bits per heavy atom. The number of alkyl halides is 1. The van der Waals surface area contributed by atoms with E-state index in [4.69, 9.17) is 4.74 Å². The third kappa shape index (κ3) is 2.15. The molecule has 0 aliphatic heterocycles. The second-order valence-electron chi connectivity index (χ2n) is 1.83. The molecule has 0 aliphatic carbocycles. The van der Waals surface area contributed by atoms with Gasteiger partial charge in [0.15, 0.2) is 11.6 Å². The molecule has 0 aliphatic rings. The molecule has 1 rings (SSSR count). The SMILES string of the molecule is Fc1ccc(OCBr)c(F)c1. The molecule has 0 amide bonds. The van der Waals surface area contributed by atoms with Gasteiger partial charge in [0, 0.05) is 6.07 Å². The van der Waals surface area contributed by atoms with Crippen LogP contribution in [-0.4, -0.2) is 5.52 Å². The molecule has 0 bridgehead atoms. The van der Waals surface area contributed by atoms with Gasteiger partial charge in [-0.05, 0) is 28.1 Å². The predicted octanol–water partition coefficient (Wildman–Crippen LogP) is 2.70. The van der Waals surface area contributed by atoms with Crippen LogP contribution in [-0.2, 0) is 0 Å². The van der Waals surface area contributed by atoms with Crippen LogP contribution in [0.25, 0.3) is 0 Å². The predicted molar refractivity (Wildman–Crippen MR) is 40.8 cm³/mol. The van der Waals surface area contributed by atoms with Crippen molar-refractivity contribution in [2.24, 2.45) is 0 Å². The zero-order chi connectivity index (χ0) is 8.27. The van der Waals surface area contributed by atoms with Crippen LogP contribution in [0.15, 0.2) is 18.2 Å². The lowest BCUT2D eigenvalue weighted by Crippen LogP contribution is -1.92. The topological polar surface area (TPSA) is 9.23 Å². The van der Waals surface area contributed by atoms with Crippen molar-refractivity contribution in [3.05, 3.63) is 29.8 Å². The third-order valence-corrected chi connectivity index (χ3v) is 1.33. The molecule has 4 heteroatoms. The Bertz CT molecular complexity index is 252. The summed E-state index contributed by atoms with van der Waals surface area (Å²) in [4.78, 5) is 0. The summed E-state index contributed by atoms with van der Waals surface area (Å²) >= 11 is 2.96. The molecule has 0 N–H and O–H groups in total. The average molecular weight is 223 g/mol. The van der Waals surface area contributed by atoms with E-state index in [1.54, 1.807) is 0 Å². The lowest BCUT2D eigenvalue weighted by Gasteiger charge is -2.01. The Balaban J connectivity index is 2.90. The fourth-order valence-electron chi connectivity index (χ4n) is 0.651. The van der Waals surface area contributed by atoms with Gasteiger partial charge in [0.2, 0.25) is 0 Å². The quantitative estimate of drug-likeness (QED) is 0.700. The monoisotopic (exact) mass is 222 g/mol. The maximum atomic E-state index is 12.7. The third-order valence-electron chi connectivity index (χ3n) is 1.10. The molecule has 11 heavy (non-hydrogen) atoms. The summed E-state index contributed by atoms with van der Waals surface area (Å²) in [6.45, 7) is 0. The summed E-state index contributed by atoms with van der Waals surface area (Å²) in [5, 5.41) is 0. The van der Waals surface area contributed by atoms with E-state index in [1.807, 2.05) is 0 Å². The Kier molecular flexibility index (Phi) is 2.82. The molecule has 1 nitrogen and oxygen atoms in total. The maximum Gasteiger partial charge on any atom is 0.168 e. The minimum atomic E-state index is -0.690. The van der Waals surface area contributed by atoms with Crippen LogP contribution in [0.2, 0.25) is 0 Å². The van der Waals surface area contributed by atoms with Crippen LogP contribution < -0.4 is 4.74 Å². The van der Waals surface area contributed by atoms with Crippen molar-refractivity contribution >= 4 is 15.9 Å². The summed E-state index contributed by atoms with van der Waals surface area (Å²) in [6.07, 6.45) is 0. The van der Waals surface area contributed by atoms with Crippen LogP contribution in [0.5, 0.6) is 5.75 Å². The van der Waals surface area contributed by atoms with Crippen LogP contribution in [0.3, 0.4) is 0 Å². The van der Waals surface area contributed by atoms with Crippen molar-refractivity contribution in [2.75, 3.05) is 5.52 Å². The summed E-state index contributed by atoms with van der Waals surface area (Å²) in [5.41, 5.74) is 0.190. The van der Waals surface area contributed by atoms with Gasteiger partial charge in [0.25, 0.3) is 0 Å². The van der Waals surface area contributed by atoms with Gasteiger partial charge in [-0.1, -0.05) is 0 Å². The molecule has 0 saturated carbocycles. The van der Waals surface area contributed by atoms with E-state index < -0.39 is 11.6 Å². The van der Waals surface area contributed by atoms with Crippen molar-refractivity contribution in [3.63, 3.8) is 0 Å². The van der Waals surface area contributed by atoms with E-state index in [1.165, 1.54) is 6.07 Å². The van der Waals surface area contributed by atoms with Crippen molar-refractivity contribution in [2.45, 2.75) is 0 Å². The van der Waals surface area contributed by atoms with Gasteiger partial charge < -0.3 is 4.74 Å². The van der Waals surface area contributed by atoms with E-state index in [0.717, 1.165) is 12.1 Å². The molecule has 0 unspecified atom stereocenters. The molecule has 0 fully saturated rings. The Hall–Kier alpha value is -0.640. The van der Waals surface area contributed by atoms with Crippen molar-refractivity contribution in [3.8, 4) is 5.75 Å². The highest BCUT2D eigenvalue weighted by Gasteiger charge is 2.02. The highest BCUT2D eigenvalue weighted by Crippen LogP contribution is 2.17. The molecule has 0 atom stereocenters. The van der Waals surface area contributed by atoms with Gasteiger partial charge in [-0.3, -0.25) is 0 Å². The van der Waals surface area contributed by atoms with Crippen molar-refractivity contribution in [1.29, 1.82) is 0 Å². The van der Waals surface area contributed by atoms with Crippen LogP contribution >= 0.6 is 15.9 Å². The smallest absolute Gasteiger partial charge is 0.168 e. The molecule has 0 heterocycles. The first kappa shape index (κ1) is 8.46. The molecule has 1 aromatic carbocycles. The minimum absolute atomic E-state index is 0.0447. The number of hydrogen-bond acceptors (Lipinski definition) is 1. The van der Waals surface area contributed by atoms with Crippen molar-refractivity contribution < 1.29 is 13.5 Å². The second-order valence-corrected chi connectivity index (χ2v) is 2.29. The lowest BCUT2D eigenvalue weighted by molar-refractivity contribution is 0.370. The molecule has 0 spiro atoms. The van der Waals surface area contributed by atoms with E-state index in [2.05, 4.69) is 15.9 Å². The van der Waals surface area contributed by atoms with Crippen molar-refractivity contribution in [1.82, 2.24) is 0 Å². The number of hydrogen-bond donors (Lipinski definition) is 0. The minimum Gasteiger partial charge on any atom is -0.479 e. The van der Waals surface area contributed by atoms with Gasteiger partial charge in [-0.25, -0.2) is 8.78 Å². The number of benzene rings is 1. The normalized spacial score (nSPS) is 9.73. The Labute approximate surface area is 71.1 Å². The first-order valence-electron chi connectivity index (χ1n) is 2.88. The fourth-order valence-corrected chi connectivity index (χ4v) is 0.898. The van der Waals surface area contributed by atoms with Gasteiger partial charge in [-0.15, -0.1) is 0 Å². The van der Waals surface area contributed by atoms with Gasteiger partial charge in [0.05, 0.1) is 0 Å². The number of ether oxygens (including phenoxy) is 1. The zero-order valence-corrected chi connectivity index (χ0v) is 7.07. The number of halogens is 3. The highest BCUT2D eigenvalue weighted by atomic mass is 79.9.